The van der Waals surface area contributed by atoms with Crippen LogP contribution in [0.3, 0.4) is 0 Å². The van der Waals surface area contributed by atoms with E-state index in [4.69, 9.17) is 4.74 Å². The van der Waals surface area contributed by atoms with Gasteiger partial charge in [0.15, 0.2) is 17.6 Å². The Hall–Kier alpha value is -3.92. The van der Waals surface area contributed by atoms with Crippen LogP contribution in [0.15, 0.2) is 85.1 Å². The highest BCUT2D eigenvalue weighted by Gasteiger charge is 2.23. The van der Waals surface area contributed by atoms with Crippen molar-refractivity contribution in [3.8, 4) is 0 Å². The molecular weight excluding hydrogens is 384 g/mol. The van der Waals surface area contributed by atoms with Gasteiger partial charge in [-0.3, -0.25) is 0 Å². The number of para-hydroxylation sites is 2. The van der Waals surface area contributed by atoms with Gasteiger partial charge in [-0.1, -0.05) is 60.7 Å². The SMILES string of the molecule is CCOC(=O)C[n+]1c2ccccc2n2cc3c4ccccc4c4ccccc4c3cc21. The summed E-state index contributed by atoms with van der Waals surface area (Å²) in [4.78, 5) is 12.4. The third-order valence-electron chi connectivity index (χ3n) is 6.09. The number of ether oxygens (including phenoxy) is 1. The van der Waals surface area contributed by atoms with E-state index in [1.54, 1.807) is 0 Å². The van der Waals surface area contributed by atoms with Crippen LogP contribution in [0.4, 0.5) is 0 Å². The third-order valence-corrected chi connectivity index (χ3v) is 6.09. The Morgan fingerprint density at radius 1 is 0.806 bits per heavy atom. The molecule has 0 spiro atoms. The summed E-state index contributed by atoms with van der Waals surface area (Å²) in [5.41, 5.74) is 3.06. The van der Waals surface area contributed by atoms with Crippen molar-refractivity contribution in [2.75, 3.05) is 6.61 Å². The van der Waals surface area contributed by atoms with Crippen LogP contribution in [-0.2, 0) is 16.1 Å². The van der Waals surface area contributed by atoms with Gasteiger partial charge in [0.25, 0.3) is 5.65 Å². The number of carbonyl (C=O) groups excluding carboxylic acids is 1. The molecular formula is C27H21N2O2+. The minimum absolute atomic E-state index is 0.182. The minimum atomic E-state index is -0.228. The summed E-state index contributed by atoms with van der Waals surface area (Å²) in [6.45, 7) is 2.40. The fourth-order valence-corrected chi connectivity index (χ4v) is 4.81. The van der Waals surface area contributed by atoms with Crippen molar-refractivity contribution in [2.45, 2.75) is 13.5 Å². The van der Waals surface area contributed by atoms with Crippen molar-refractivity contribution < 1.29 is 14.1 Å². The Kier molecular flexibility index (Phi) is 3.93. The van der Waals surface area contributed by atoms with Gasteiger partial charge >= 0.3 is 5.97 Å². The predicted octanol–water partition coefficient (Wildman–Crippen LogP) is 5.40. The lowest BCUT2D eigenvalue weighted by atomic mass is 9.95. The molecule has 0 N–H and O–H groups in total. The fraction of sp³-hybridized carbons (Fsp3) is 0.111. The van der Waals surface area contributed by atoms with E-state index >= 15 is 0 Å². The molecule has 0 amide bonds. The number of imidazole rings is 1. The first-order valence-corrected chi connectivity index (χ1v) is 10.6. The number of hydrogen-bond acceptors (Lipinski definition) is 2. The molecule has 0 saturated carbocycles. The van der Waals surface area contributed by atoms with Crippen molar-refractivity contribution in [2.24, 2.45) is 0 Å². The Balaban J connectivity index is 1.80. The number of rotatable bonds is 3. The van der Waals surface area contributed by atoms with Gasteiger partial charge in [0.2, 0.25) is 0 Å². The topological polar surface area (TPSA) is 34.6 Å². The van der Waals surface area contributed by atoms with Crippen molar-refractivity contribution in [3.63, 3.8) is 0 Å². The number of fused-ring (bicyclic) bond motifs is 9. The molecule has 2 aromatic heterocycles. The Morgan fingerprint density at radius 3 is 2.06 bits per heavy atom. The Bertz CT molecular complexity index is 1650. The van der Waals surface area contributed by atoms with Crippen LogP contribution < -0.4 is 4.57 Å². The van der Waals surface area contributed by atoms with Crippen LogP contribution in [0.2, 0.25) is 0 Å². The van der Waals surface area contributed by atoms with E-state index in [0.717, 1.165) is 16.7 Å². The molecule has 0 atom stereocenters. The summed E-state index contributed by atoms with van der Waals surface area (Å²) >= 11 is 0. The first kappa shape index (κ1) is 17.9. The van der Waals surface area contributed by atoms with Gasteiger partial charge in [0.05, 0.1) is 6.61 Å². The molecule has 2 heterocycles. The van der Waals surface area contributed by atoms with E-state index in [9.17, 15) is 4.79 Å². The van der Waals surface area contributed by atoms with Crippen molar-refractivity contribution >= 4 is 55.0 Å². The first-order chi connectivity index (χ1) is 15.3. The summed E-state index contributed by atoms with van der Waals surface area (Å²) in [5.74, 6) is -0.228. The fourth-order valence-electron chi connectivity index (χ4n) is 4.81. The summed E-state index contributed by atoms with van der Waals surface area (Å²) in [5, 5.41) is 7.32. The molecule has 0 fully saturated rings. The molecule has 0 aliphatic heterocycles. The van der Waals surface area contributed by atoms with E-state index in [1.165, 1.54) is 32.3 Å². The highest BCUT2D eigenvalue weighted by molar-refractivity contribution is 6.25. The van der Waals surface area contributed by atoms with E-state index < -0.39 is 0 Å². The Morgan fingerprint density at radius 2 is 1.39 bits per heavy atom. The van der Waals surface area contributed by atoms with Crippen LogP contribution in [0, 0.1) is 0 Å². The molecule has 0 aliphatic rings. The molecule has 0 radical (unpaired) electrons. The van der Waals surface area contributed by atoms with Gasteiger partial charge in [-0.15, -0.1) is 0 Å². The molecule has 0 bridgehead atoms. The standard InChI is InChI=1S/C27H21N2O2/c1-2-31-27(30)17-29-25-14-8-7-13-24(25)28-16-23-21-12-6-4-10-19(21)18-9-3-5-11-20(18)22(23)15-26(28)29/h3-16H,2,17H2,1H3/q+1. The van der Waals surface area contributed by atoms with Gasteiger partial charge in [-0.25, -0.2) is 9.36 Å². The minimum Gasteiger partial charge on any atom is -0.463 e. The number of pyridine rings is 1. The number of aromatic nitrogens is 2. The summed E-state index contributed by atoms with van der Waals surface area (Å²) in [6.07, 6.45) is 2.21. The Labute approximate surface area is 178 Å². The van der Waals surface area contributed by atoms with E-state index in [1.807, 2.05) is 19.1 Å². The average Bonchev–Trinajstić information content (AvgIpc) is 3.11. The normalized spacial score (nSPS) is 11.8. The second kappa shape index (κ2) is 6.81. The quantitative estimate of drug-likeness (QED) is 0.224. The van der Waals surface area contributed by atoms with Gasteiger partial charge in [-0.05, 0) is 40.6 Å². The second-order valence-electron chi connectivity index (χ2n) is 7.80. The second-order valence-corrected chi connectivity index (χ2v) is 7.80. The first-order valence-electron chi connectivity index (χ1n) is 10.6. The smallest absolute Gasteiger partial charge is 0.348 e. The number of nitrogens with zero attached hydrogens (tertiary/aromatic N) is 2. The molecule has 0 unspecified atom stereocenters. The van der Waals surface area contributed by atoms with Gasteiger partial charge in [0.1, 0.15) is 6.20 Å². The van der Waals surface area contributed by atoms with Gasteiger partial charge in [-0.2, -0.15) is 4.40 Å². The average molecular weight is 405 g/mol. The molecule has 0 aliphatic carbocycles. The van der Waals surface area contributed by atoms with Crippen molar-refractivity contribution in [1.29, 1.82) is 0 Å². The molecule has 4 aromatic carbocycles. The van der Waals surface area contributed by atoms with Crippen LogP contribution in [-0.4, -0.2) is 17.0 Å². The highest BCUT2D eigenvalue weighted by atomic mass is 16.5. The zero-order chi connectivity index (χ0) is 20.9. The van der Waals surface area contributed by atoms with Crippen molar-refractivity contribution in [3.05, 3.63) is 85.1 Å². The molecule has 4 heteroatoms. The summed E-state index contributed by atoms with van der Waals surface area (Å²) in [6, 6.07) is 27.5. The number of esters is 1. The van der Waals surface area contributed by atoms with Crippen LogP contribution in [0.1, 0.15) is 6.92 Å². The molecule has 4 nitrogen and oxygen atoms in total. The maximum absolute atomic E-state index is 12.4. The van der Waals surface area contributed by atoms with E-state index in [2.05, 4.69) is 81.9 Å². The zero-order valence-electron chi connectivity index (χ0n) is 17.2. The van der Waals surface area contributed by atoms with Gasteiger partial charge < -0.3 is 4.74 Å². The number of carbonyl (C=O) groups is 1. The summed E-state index contributed by atoms with van der Waals surface area (Å²) in [7, 11) is 0. The van der Waals surface area contributed by atoms with Crippen LogP contribution >= 0.6 is 0 Å². The maximum atomic E-state index is 12.4. The molecule has 0 saturated heterocycles. The van der Waals surface area contributed by atoms with Crippen LogP contribution in [0.5, 0.6) is 0 Å². The van der Waals surface area contributed by atoms with E-state index in [-0.39, 0.29) is 12.5 Å². The monoisotopic (exact) mass is 405 g/mol. The number of hydrogen-bond donors (Lipinski definition) is 0. The van der Waals surface area contributed by atoms with E-state index in [0.29, 0.717) is 6.61 Å². The predicted molar refractivity (Wildman–Crippen MR) is 124 cm³/mol. The molecule has 6 aromatic rings. The highest BCUT2D eigenvalue weighted by Crippen LogP contribution is 2.35. The molecule has 150 valence electrons. The third kappa shape index (κ3) is 2.61. The van der Waals surface area contributed by atoms with Crippen molar-refractivity contribution in [1.82, 2.24) is 4.40 Å². The van der Waals surface area contributed by atoms with Gasteiger partial charge in [0, 0.05) is 16.8 Å². The lowest BCUT2D eigenvalue weighted by Crippen LogP contribution is -2.38. The van der Waals surface area contributed by atoms with Crippen LogP contribution in [0.25, 0.3) is 49.0 Å². The molecule has 31 heavy (non-hydrogen) atoms. The summed E-state index contributed by atoms with van der Waals surface area (Å²) < 4.78 is 9.50. The number of benzene rings is 4. The maximum Gasteiger partial charge on any atom is 0.348 e. The molecule has 6 rings (SSSR count). The zero-order valence-corrected chi connectivity index (χ0v) is 17.2. The lowest BCUT2D eigenvalue weighted by Gasteiger charge is -2.09. The largest absolute Gasteiger partial charge is 0.463 e. The lowest BCUT2D eigenvalue weighted by molar-refractivity contribution is -0.634.